The minimum absolute atomic E-state index is 1.13. The zero-order chi connectivity index (χ0) is 7.84. The van der Waals surface area contributed by atoms with Crippen LogP contribution < -0.4 is 0 Å². The fourth-order valence-corrected chi connectivity index (χ4v) is 2.17. The second-order valence-electron chi connectivity index (χ2n) is 2.73. The summed E-state index contributed by atoms with van der Waals surface area (Å²) in [6, 6.07) is 0. The Hall–Kier alpha value is -0.890. The molecule has 0 unspecified atom stereocenters. The number of thiophene rings is 1. The SMILES string of the molecule is Cc1cnc(C)c2cscc12. The van der Waals surface area contributed by atoms with E-state index in [1.807, 2.05) is 6.20 Å². The molecule has 0 aliphatic carbocycles. The highest BCUT2D eigenvalue weighted by molar-refractivity contribution is 7.09. The fraction of sp³-hybridized carbons (Fsp3) is 0.222. The van der Waals surface area contributed by atoms with Gasteiger partial charge in [-0.05, 0) is 30.2 Å². The Morgan fingerprint density at radius 3 is 2.64 bits per heavy atom. The lowest BCUT2D eigenvalue weighted by atomic mass is 10.1. The number of rotatable bonds is 0. The van der Waals surface area contributed by atoms with Gasteiger partial charge in [-0.2, -0.15) is 11.3 Å². The van der Waals surface area contributed by atoms with Gasteiger partial charge in [0.25, 0.3) is 0 Å². The molecule has 1 nitrogen and oxygen atoms in total. The average Bonchev–Trinajstić information content (AvgIpc) is 2.45. The van der Waals surface area contributed by atoms with Crippen LogP contribution in [0.4, 0.5) is 0 Å². The first-order chi connectivity index (χ1) is 5.29. The first-order valence-corrected chi connectivity index (χ1v) is 4.51. The van der Waals surface area contributed by atoms with Crippen LogP contribution in [0.15, 0.2) is 17.0 Å². The first-order valence-electron chi connectivity index (χ1n) is 3.57. The quantitative estimate of drug-likeness (QED) is 0.582. The number of fused-ring (bicyclic) bond motifs is 1. The van der Waals surface area contributed by atoms with Crippen molar-refractivity contribution in [3.05, 3.63) is 28.2 Å². The highest BCUT2D eigenvalue weighted by Gasteiger charge is 2.00. The summed E-state index contributed by atoms with van der Waals surface area (Å²) in [4.78, 5) is 4.29. The van der Waals surface area contributed by atoms with Gasteiger partial charge in [-0.15, -0.1) is 0 Å². The van der Waals surface area contributed by atoms with Crippen molar-refractivity contribution >= 4 is 22.1 Å². The summed E-state index contributed by atoms with van der Waals surface area (Å²) in [6.07, 6.45) is 1.93. The molecule has 0 fully saturated rings. The van der Waals surface area contributed by atoms with Crippen LogP contribution in [-0.2, 0) is 0 Å². The molecule has 2 aromatic heterocycles. The van der Waals surface area contributed by atoms with Crippen molar-refractivity contribution in [2.45, 2.75) is 13.8 Å². The molecule has 0 saturated heterocycles. The molecule has 0 N–H and O–H groups in total. The van der Waals surface area contributed by atoms with Gasteiger partial charge in [0.1, 0.15) is 0 Å². The summed E-state index contributed by atoms with van der Waals surface area (Å²) in [5.41, 5.74) is 2.40. The monoisotopic (exact) mass is 163 g/mol. The number of hydrogen-bond donors (Lipinski definition) is 0. The van der Waals surface area contributed by atoms with E-state index in [2.05, 4.69) is 29.6 Å². The maximum Gasteiger partial charge on any atom is 0.0459 e. The largest absolute Gasteiger partial charge is 0.261 e. The van der Waals surface area contributed by atoms with Crippen molar-refractivity contribution in [2.24, 2.45) is 0 Å². The van der Waals surface area contributed by atoms with Gasteiger partial charge in [-0.1, -0.05) is 0 Å². The van der Waals surface area contributed by atoms with E-state index in [-0.39, 0.29) is 0 Å². The second-order valence-corrected chi connectivity index (χ2v) is 3.47. The lowest BCUT2D eigenvalue weighted by Crippen LogP contribution is -1.82. The zero-order valence-corrected chi connectivity index (χ0v) is 7.40. The van der Waals surface area contributed by atoms with Gasteiger partial charge in [0.15, 0.2) is 0 Å². The van der Waals surface area contributed by atoms with Crippen LogP contribution in [0.2, 0.25) is 0 Å². The van der Waals surface area contributed by atoms with E-state index in [1.165, 1.54) is 16.3 Å². The third kappa shape index (κ3) is 0.942. The third-order valence-electron chi connectivity index (χ3n) is 1.93. The molecule has 0 spiro atoms. The lowest BCUT2D eigenvalue weighted by molar-refractivity contribution is 1.21. The van der Waals surface area contributed by atoms with Crippen molar-refractivity contribution in [3.8, 4) is 0 Å². The summed E-state index contributed by atoms with van der Waals surface area (Å²) in [5.74, 6) is 0. The summed E-state index contributed by atoms with van der Waals surface area (Å²) in [5, 5.41) is 6.99. The maximum absolute atomic E-state index is 4.29. The molecule has 2 heteroatoms. The van der Waals surface area contributed by atoms with Gasteiger partial charge in [-0.25, -0.2) is 0 Å². The molecule has 56 valence electrons. The summed E-state index contributed by atoms with van der Waals surface area (Å²) < 4.78 is 0. The molecule has 0 atom stereocenters. The Morgan fingerprint density at radius 2 is 1.91 bits per heavy atom. The zero-order valence-electron chi connectivity index (χ0n) is 6.59. The smallest absolute Gasteiger partial charge is 0.0459 e. The molecule has 2 aromatic rings. The molecule has 0 radical (unpaired) electrons. The van der Waals surface area contributed by atoms with Crippen LogP contribution in [0.25, 0.3) is 10.8 Å². The van der Waals surface area contributed by atoms with Gasteiger partial charge in [0, 0.05) is 22.7 Å². The van der Waals surface area contributed by atoms with Crippen molar-refractivity contribution < 1.29 is 0 Å². The van der Waals surface area contributed by atoms with Crippen LogP contribution in [0.5, 0.6) is 0 Å². The Kier molecular flexibility index (Phi) is 1.43. The van der Waals surface area contributed by atoms with E-state index >= 15 is 0 Å². The number of aromatic nitrogens is 1. The summed E-state index contributed by atoms with van der Waals surface area (Å²) in [6.45, 7) is 4.15. The number of nitrogens with zero attached hydrogens (tertiary/aromatic N) is 1. The van der Waals surface area contributed by atoms with Crippen molar-refractivity contribution in [3.63, 3.8) is 0 Å². The highest BCUT2D eigenvalue weighted by atomic mass is 32.1. The van der Waals surface area contributed by atoms with Gasteiger partial charge in [0.2, 0.25) is 0 Å². The van der Waals surface area contributed by atoms with Gasteiger partial charge >= 0.3 is 0 Å². The summed E-state index contributed by atoms with van der Waals surface area (Å²) in [7, 11) is 0. The van der Waals surface area contributed by atoms with Crippen LogP contribution in [0, 0.1) is 13.8 Å². The third-order valence-corrected chi connectivity index (χ3v) is 2.67. The fourth-order valence-electron chi connectivity index (χ4n) is 1.22. The topological polar surface area (TPSA) is 12.9 Å². The molecule has 0 aromatic carbocycles. The van der Waals surface area contributed by atoms with Gasteiger partial charge in [0.05, 0.1) is 0 Å². The Labute approximate surface area is 69.7 Å². The molecule has 0 aliphatic rings. The van der Waals surface area contributed by atoms with E-state index in [1.54, 1.807) is 11.3 Å². The molecule has 11 heavy (non-hydrogen) atoms. The standard InChI is InChI=1S/C9H9NS/c1-6-3-10-7(2)9-5-11-4-8(6)9/h3-5H,1-2H3. The Bertz CT molecular complexity index is 353. The first kappa shape index (κ1) is 6.80. The molecule has 0 amide bonds. The molecule has 2 rings (SSSR count). The van der Waals surface area contributed by atoms with Gasteiger partial charge < -0.3 is 0 Å². The Morgan fingerprint density at radius 1 is 1.18 bits per heavy atom. The van der Waals surface area contributed by atoms with Gasteiger partial charge in [-0.3, -0.25) is 4.98 Å². The Balaban J connectivity index is 2.96. The molecule has 0 saturated carbocycles. The molecule has 2 heterocycles. The number of pyridine rings is 1. The van der Waals surface area contributed by atoms with E-state index in [9.17, 15) is 0 Å². The second kappa shape index (κ2) is 2.31. The van der Waals surface area contributed by atoms with Crippen molar-refractivity contribution in [1.29, 1.82) is 0 Å². The normalized spacial score (nSPS) is 10.7. The van der Waals surface area contributed by atoms with Crippen molar-refractivity contribution in [1.82, 2.24) is 4.98 Å². The maximum atomic E-state index is 4.29. The molecular formula is C9H9NS. The lowest BCUT2D eigenvalue weighted by Gasteiger charge is -1.97. The predicted molar refractivity (Wildman–Crippen MR) is 49.1 cm³/mol. The van der Waals surface area contributed by atoms with Crippen LogP contribution in [0.1, 0.15) is 11.3 Å². The molecule has 0 aliphatic heterocycles. The van der Waals surface area contributed by atoms with E-state index in [0.717, 1.165) is 5.69 Å². The van der Waals surface area contributed by atoms with Crippen molar-refractivity contribution in [2.75, 3.05) is 0 Å². The van der Waals surface area contributed by atoms with E-state index < -0.39 is 0 Å². The highest BCUT2D eigenvalue weighted by Crippen LogP contribution is 2.23. The van der Waals surface area contributed by atoms with E-state index in [4.69, 9.17) is 0 Å². The summed E-state index contributed by atoms with van der Waals surface area (Å²) >= 11 is 1.74. The molecular weight excluding hydrogens is 154 g/mol. The number of aryl methyl sites for hydroxylation is 2. The van der Waals surface area contributed by atoms with Crippen LogP contribution >= 0.6 is 11.3 Å². The average molecular weight is 163 g/mol. The van der Waals surface area contributed by atoms with Crippen LogP contribution in [0.3, 0.4) is 0 Å². The molecule has 0 bridgehead atoms. The van der Waals surface area contributed by atoms with E-state index in [0.29, 0.717) is 0 Å². The number of hydrogen-bond acceptors (Lipinski definition) is 2. The predicted octanol–water partition coefficient (Wildman–Crippen LogP) is 2.91. The van der Waals surface area contributed by atoms with Crippen LogP contribution in [-0.4, -0.2) is 4.98 Å². The minimum atomic E-state index is 1.13. The minimum Gasteiger partial charge on any atom is -0.261 e.